The van der Waals surface area contributed by atoms with Gasteiger partial charge in [-0.2, -0.15) is 0 Å². The first kappa shape index (κ1) is 16.3. The minimum absolute atomic E-state index is 0.477. The van der Waals surface area contributed by atoms with E-state index in [0.717, 1.165) is 19.6 Å². The van der Waals surface area contributed by atoms with Gasteiger partial charge in [0.05, 0.1) is 0 Å². The summed E-state index contributed by atoms with van der Waals surface area (Å²) in [6.45, 7) is 14.3. The Hall–Kier alpha value is -1.09. The van der Waals surface area contributed by atoms with Gasteiger partial charge in [0.15, 0.2) is 0 Å². The first-order valence-corrected chi connectivity index (χ1v) is 8.49. The molecule has 1 aliphatic carbocycles. The fourth-order valence-electron chi connectivity index (χ4n) is 2.62. The number of hydrogen-bond acceptors (Lipinski definition) is 3. The van der Waals surface area contributed by atoms with Gasteiger partial charge in [-0.1, -0.05) is 34.6 Å². The van der Waals surface area contributed by atoms with E-state index in [9.17, 15) is 0 Å². The van der Waals surface area contributed by atoms with E-state index in [1.807, 2.05) is 0 Å². The number of nitrogens with one attached hydrogen (secondary N) is 1. The topological polar surface area (TPSA) is 28.2 Å². The molecule has 0 amide bonds. The molecule has 0 spiro atoms. The van der Waals surface area contributed by atoms with Crippen molar-refractivity contribution in [1.82, 2.24) is 10.3 Å². The summed E-state index contributed by atoms with van der Waals surface area (Å²) >= 11 is 0. The number of pyridine rings is 1. The van der Waals surface area contributed by atoms with Gasteiger partial charge >= 0.3 is 0 Å². The molecule has 1 aliphatic rings. The Morgan fingerprint density at radius 1 is 1.24 bits per heavy atom. The van der Waals surface area contributed by atoms with Crippen molar-refractivity contribution in [1.29, 1.82) is 0 Å². The first-order chi connectivity index (χ1) is 10.0. The minimum atomic E-state index is 0.477. The zero-order valence-corrected chi connectivity index (χ0v) is 14.3. The van der Waals surface area contributed by atoms with E-state index in [1.165, 1.54) is 29.9 Å². The SMILES string of the molecule is CCNCc1cc(C(C)C)nc(N(CC(C)C)C2CC2)c1. The van der Waals surface area contributed by atoms with Crippen molar-refractivity contribution in [3.05, 3.63) is 23.4 Å². The Morgan fingerprint density at radius 2 is 1.95 bits per heavy atom. The van der Waals surface area contributed by atoms with Crippen molar-refractivity contribution in [2.24, 2.45) is 5.92 Å². The van der Waals surface area contributed by atoms with Gasteiger partial charge in [0.1, 0.15) is 5.82 Å². The second-order valence-electron chi connectivity index (χ2n) is 6.97. The zero-order chi connectivity index (χ0) is 15.4. The summed E-state index contributed by atoms with van der Waals surface area (Å²) in [5.41, 5.74) is 2.58. The monoisotopic (exact) mass is 289 g/mol. The fraction of sp³-hybridized carbons (Fsp3) is 0.722. The van der Waals surface area contributed by atoms with Gasteiger partial charge in [0, 0.05) is 24.8 Å². The van der Waals surface area contributed by atoms with Crippen molar-refractivity contribution in [2.45, 2.75) is 66.0 Å². The molecule has 0 atom stereocenters. The summed E-state index contributed by atoms with van der Waals surface area (Å²) in [5, 5.41) is 3.44. The highest BCUT2D eigenvalue weighted by atomic mass is 15.2. The fourth-order valence-corrected chi connectivity index (χ4v) is 2.62. The van der Waals surface area contributed by atoms with Gasteiger partial charge in [0.25, 0.3) is 0 Å². The van der Waals surface area contributed by atoms with Crippen LogP contribution in [-0.2, 0) is 6.54 Å². The van der Waals surface area contributed by atoms with Crippen LogP contribution in [0.25, 0.3) is 0 Å². The molecular formula is C18H31N3. The number of aromatic nitrogens is 1. The molecule has 0 aromatic carbocycles. The molecule has 1 heterocycles. The van der Waals surface area contributed by atoms with Crippen LogP contribution in [0.3, 0.4) is 0 Å². The largest absolute Gasteiger partial charge is 0.353 e. The van der Waals surface area contributed by atoms with Crippen LogP contribution in [0.4, 0.5) is 5.82 Å². The molecule has 0 aliphatic heterocycles. The molecular weight excluding hydrogens is 258 g/mol. The first-order valence-electron chi connectivity index (χ1n) is 8.49. The summed E-state index contributed by atoms with van der Waals surface area (Å²) in [6, 6.07) is 5.27. The van der Waals surface area contributed by atoms with Gasteiger partial charge in [0.2, 0.25) is 0 Å². The molecule has 0 saturated heterocycles. The standard InChI is InChI=1S/C18H31N3/c1-6-19-11-15-9-17(14(4)5)20-18(10-15)21(12-13(2)3)16-7-8-16/h9-10,13-14,16,19H,6-8,11-12H2,1-5H3. The number of hydrogen-bond donors (Lipinski definition) is 1. The lowest BCUT2D eigenvalue weighted by Gasteiger charge is -2.27. The third-order valence-electron chi connectivity index (χ3n) is 3.91. The molecule has 0 unspecified atom stereocenters. The molecule has 3 nitrogen and oxygen atoms in total. The summed E-state index contributed by atoms with van der Waals surface area (Å²) in [6.07, 6.45) is 2.64. The molecule has 1 saturated carbocycles. The Labute approximate surface area is 130 Å². The van der Waals surface area contributed by atoms with E-state index in [4.69, 9.17) is 4.98 Å². The average molecular weight is 289 g/mol. The van der Waals surface area contributed by atoms with Crippen molar-refractivity contribution in [2.75, 3.05) is 18.0 Å². The van der Waals surface area contributed by atoms with E-state index in [0.29, 0.717) is 17.9 Å². The Balaban J connectivity index is 2.28. The van der Waals surface area contributed by atoms with Gasteiger partial charge in [-0.3, -0.25) is 0 Å². The maximum absolute atomic E-state index is 4.95. The smallest absolute Gasteiger partial charge is 0.129 e. The van der Waals surface area contributed by atoms with E-state index in [-0.39, 0.29) is 0 Å². The van der Waals surface area contributed by atoms with Crippen molar-refractivity contribution in [3.63, 3.8) is 0 Å². The normalized spacial score (nSPS) is 15.0. The minimum Gasteiger partial charge on any atom is -0.353 e. The van der Waals surface area contributed by atoms with Gasteiger partial charge in [-0.15, -0.1) is 0 Å². The molecule has 1 aromatic heterocycles. The van der Waals surface area contributed by atoms with Gasteiger partial charge in [-0.25, -0.2) is 4.98 Å². The molecule has 0 radical (unpaired) electrons. The number of rotatable bonds is 8. The second kappa shape index (κ2) is 7.26. The van der Waals surface area contributed by atoms with Crippen molar-refractivity contribution < 1.29 is 0 Å². The molecule has 1 aromatic rings. The summed E-state index contributed by atoms with van der Waals surface area (Å²) in [7, 11) is 0. The van der Waals surface area contributed by atoms with Crippen LogP contribution in [0, 0.1) is 5.92 Å². The van der Waals surface area contributed by atoms with Crippen molar-refractivity contribution >= 4 is 5.82 Å². The third kappa shape index (κ3) is 4.70. The maximum Gasteiger partial charge on any atom is 0.129 e. The van der Waals surface area contributed by atoms with Crippen molar-refractivity contribution in [3.8, 4) is 0 Å². The lowest BCUT2D eigenvalue weighted by atomic mass is 10.1. The van der Waals surface area contributed by atoms with Crippen LogP contribution in [0.1, 0.15) is 64.6 Å². The number of anilines is 1. The highest BCUT2D eigenvalue weighted by molar-refractivity contribution is 5.45. The molecule has 0 bridgehead atoms. The molecule has 21 heavy (non-hydrogen) atoms. The quantitative estimate of drug-likeness (QED) is 0.785. The Morgan fingerprint density at radius 3 is 2.48 bits per heavy atom. The molecule has 1 N–H and O–H groups in total. The van der Waals surface area contributed by atoms with Gasteiger partial charge < -0.3 is 10.2 Å². The van der Waals surface area contributed by atoms with Crippen LogP contribution in [0.2, 0.25) is 0 Å². The predicted octanol–water partition coefficient (Wildman–Crippen LogP) is 3.94. The lowest BCUT2D eigenvalue weighted by Crippen LogP contribution is -2.31. The lowest BCUT2D eigenvalue weighted by molar-refractivity contribution is 0.600. The average Bonchev–Trinajstić information content (AvgIpc) is 3.26. The van der Waals surface area contributed by atoms with E-state index >= 15 is 0 Å². The van der Waals surface area contributed by atoms with E-state index < -0.39 is 0 Å². The van der Waals surface area contributed by atoms with Crippen LogP contribution in [0.15, 0.2) is 12.1 Å². The molecule has 3 heteroatoms. The zero-order valence-electron chi connectivity index (χ0n) is 14.3. The van der Waals surface area contributed by atoms with Crippen LogP contribution in [0.5, 0.6) is 0 Å². The second-order valence-corrected chi connectivity index (χ2v) is 6.97. The highest BCUT2D eigenvalue weighted by Crippen LogP contribution is 2.32. The molecule has 118 valence electrons. The van der Waals surface area contributed by atoms with E-state index in [2.05, 4.69) is 57.0 Å². The maximum atomic E-state index is 4.95. The Bertz CT molecular complexity index is 450. The number of nitrogens with zero attached hydrogens (tertiary/aromatic N) is 2. The van der Waals surface area contributed by atoms with Crippen LogP contribution in [-0.4, -0.2) is 24.1 Å². The predicted molar refractivity (Wildman–Crippen MR) is 90.9 cm³/mol. The molecule has 1 fully saturated rings. The van der Waals surface area contributed by atoms with E-state index in [1.54, 1.807) is 0 Å². The van der Waals surface area contributed by atoms with Crippen LogP contribution < -0.4 is 10.2 Å². The Kier molecular flexibility index (Phi) is 5.63. The highest BCUT2D eigenvalue weighted by Gasteiger charge is 2.30. The summed E-state index contributed by atoms with van der Waals surface area (Å²) in [4.78, 5) is 7.49. The van der Waals surface area contributed by atoms with Crippen LogP contribution >= 0.6 is 0 Å². The third-order valence-corrected chi connectivity index (χ3v) is 3.91. The molecule has 2 rings (SSSR count). The summed E-state index contributed by atoms with van der Waals surface area (Å²) in [5.74, 6) is 2.34. The van der Waals surface area contributed by atoms with Gasteiger partial charge in [-0.05, 0) is 48.9 Å². The summed E-state index contributed by atoms with van der Waals surface area (Å²) < 4.78 is 0.